The molecule has 0 aromatic heterocycles. The number of nitrogens with zero attached hydrogens (tertiary/aromatic N) is 2. The molecule has 1 saturated heterocycles. The third-order valence-electron chi connectivity index (χ3n) is 4.34. The summed E-state index contributed by atoms with van der Waals surface area (Å²) in [4.78, 5) is 24.9. The molecule has 0 bridgehead atoms. The Balaban J connectivity index is 0.00000288. The summed E-state index contributed by atoms with van der Waals surface area (Å²) in [6.07, 6.45) is 2.70. The maximum Gasteiger partial charge on any atom is 0.274 e. The van der Waals surface area contributed by atoms with E-state index in [1.165, 1.54) is 12.5 Å². The minimum absolute atomic E-state index is 0. The second kappa shape index (κ2) is 9.56. The van der Waals surface area contributed by atoms with E-state index in [2.05, 4.69) is 15.5 Å². The second-order valence-electron chi connectivity index (χ2n) is 5.93. The molecule has 1 aliphatic rings. The van der Waals surface area contributed by atoms with Crippen LogP contribution in [0.25, 0.3) is 0 Å². The zero-order valence-electron chi connectivity index (χ0n) is 14.1. The molecule has 0 radical (unpaired) electrons. The van der Waals surface area contributed by atoms with Gasteiger partial charge < -0.3 is 15.5 Å². The van der Waals surface area contributed by atoms with E-state index < -0.39 is 4.92 Å². The van der Waals surface area contributed by atoms with Crippen molar-refractivity contribution in [2.45, 2.75) is 32.2 Å². The van der Waals surface area contributed by atoms with Crippen molar-refractivity contribution in [3.63, 3.8) is 0 Å². The molecular weight excluding hydrogens is 332 g/mol. The van der Waals surface area contributed by atoms with Gasteiger partial charge in [0.25, 0.3) is 5.69 Å². The van der Waals surface area contributed by atoms with Gasteiger partial charge in [0.2, 0.25) is 5.91 Å². The van der Waals surface area contributed by atoms with Crippen LogP contribution in [0.4, 0.5) is 11.4 Å². The van der Waals surface area contributed by atoms with E-state index in [1.807, 2.05) is 7.05 Å². The predicted octanol–water partition coefficient (Wildman–Crippen LogP) is 2.34. The van der Waals surface area contributed by atoms with Crippen molar-refractivity contribution in [2.75, 3.05) is 32.0 Å². The predicted molar refractivity (Wildman–Crippen MR) is 96.8 cm³/mol. The lowest BCUT2D eigenvalue weighted by atomic mass is 10.1. The van der Waals surface area contributed by atoms with E-state index in [1.54, 1.807) is 19.1 Å². The number of rotatable bonds is 6. The lowest BCUT2D eigenvalue weighted by Crippen LogP contribution is -2.45. The van der Waals surface area contributed by atoms with E-state index in [0.717, 1.165) is 19.5 Å². The topological polar surface area (TPSA) is 87.5 Å². The van der Waals surface area contributed by atoms with E-state index in [4.69, 9.17) is 0 Å². The van der Waals surface area contributed by atoms with Crippen LogP contribution in [-0.4, -0.2) is 48.5 Å². The number of carbonyl (C=O) groups excluding carboxylic acids is 1. The summed E-state index contributed by atoms with van der Waals surface area (Å²) in [7, 11) is 1.96. The maximum atomic E-state index is 12.1. The number of nitrogens with one attached hydrogen (secondary N) is 2. The van der Waals surface area contributed by atoms with Crippen LogP contribution in [-0.2, 0) is 4.79 Å². The summed E-state index contributed by atoms with van der Waals surface area (Å²) >= 11 is 0. The molecule has 0 saturated carbocycles. The fourth-order valence-electron chi connectivity index (χ4n) is 2.92. The Hall–Kier alpha value is -1.70. The number of likely N-dealkylation sites (N-methyl/N-ethyl adjacent to an activating group) is 1. The van der Waals surface area contributed by atoms with E-state index >= 15 is 0 Å². The van der Waals surface area contributed by atoms with Gasteiger partial charge in [0.1, 0.15) is 0 Å². The average molecular weight is 357 g/mol. The molecule has 1 amide bonds. The minimum Gasteiger partial charge on any atom is -0.326 e. The highest BCUT2D eigenvalue weighted by Crippen LogP contribution is 2.25. The number of hydrogen-bond acceptors (Lipinski definition) is 5. The van der Waals surface area contributed by atoms with Crippen LogP contribution < -0.4 is 10.6 Å². The molecule has 24 heavy (non-hydrogen) atoms. The molecule has 8 heteroatoms. The lowest BCUT2D eigenvalue weighted by molar-refractivity contribution is -0.385. The van der Waals surface area contributed by atoms with Crippen molar-refractivity contribution in [1.29, 1.82) is 0 Å². The van der Waals surface area contributed by atoms with Gasteiger partial charge in [-0.15, -0.1) is 12.4 Å². The fourth-order valence-corrected chi connectivity index (χ4v) is 2.92. The smallest absolute Gasteiger partial charge is 0.274 e. The van der Waals surface area contributed by atoms with E-state index in [9.17, 15) is 14.9 Å². The average Bonchev–Trinajstić information content (AvgIpc) is 2.55. The number of amides is 1. The van der Waals surface area contributed by atoms with Crippen molar-refractivity contribution in [2.24, 2.45) is 0 Å². The van der Waals surface area contributed by atoms with Gasteiger partial charge in [-0.1, -0.05) is 6.07 Å². The van der Waals surface area contributed by atoms with Gasteiger partial charge in [-0.2, -0.15) is 0 Å². The van der Waals surface area contributed by atoms with Gasteiger partial charge in [-0.3, -0.25) is 14.9 Å². The SMILES string of the molecule is CNC1CCCN(CCC(=O)Nc2cccc([N+](=O)[O-])c2C)C1.Cl. The summed E-state index contributed by atoms with van der Waals surface area (Å²) in [6, 6.07) is 5.21. The van der Waals surface area contributed by atoms with Gasteiger partial charge in [0.15, 0.2) is 0 Å². The highest BCUT2D eigenvalue weighted by atomic mass is 35.5. The van der Waals surface area contributed by atoms with Crippen LogP contribution in [0.3, 0.4) is 0 Å². The van der Waals surface area contributed by atoms with Crippen LogP contribution in [0.5, 0.6) is 0 Å². The van der Waals surface area contributed by atoms with Crippen molar-refractivity contribution < 1.29 is 9.72 Å². The number of benzene rings is 1. The molecule has 2 N–H and O–H groups in total. The molecular formula is C16H25ClN4O3. The summed E-state index contributed by atoms with van der Waals surface area (Å²) in [6.45, 7) is 4.33. The molecule has 0 aliphatic carbocycles. The summed E-state index contributed by atoms with van der Waals surface area (Å²) in [5.41, 5.74) is 1.02. The molecule has 0 spiro atoms. The minimum atomic E-state index is -0.434. The second-order valence-corrected chi connectivity index (χ2v) is 5.93. The highest BCUT2D eigenvalue weighted by Gasteiger charge is 2.19. The summed E-state index contributed by atoms with van der Waals surface area (Å²) < 4.78 is 0. The lowest BCUT2D eigenvalue weighted by Gasteiger charge is -2.32. The fraction of sp³-hybridized carbons (Fsp3) is 0.562. The Morgan fingerprint density at radius 3 is 2.88 bits per heavy atom. The number of carbonyl (C=O) groups is 1. The van der Waals surface area contributed by atoms with E-state index in [0.29, 0.717) is 30.3 Å². The number of nitro benzene ring substituents is 1. The number of likely N-dealkylation sites (tertiary alicyclic amines) is 1. The first-order valence-electron chi connectivity index (χ1n) is 7.94. The molecule has 7 nitrogen and oxygen atoms in total. The Labute approximate surface area is 148 Å². The third kappa shape index (κ3) is 5.43. The van der Waals surface area contributed by atoms with Crippen LogP contribution in [0.1, 0.15) is 24.8 Å². The van der Waals surface area contributed by atoms with E-state index in [-0.39, 0.29) is 24.0 Å². The Morgan fingerprint density at radius 1 is 1.46 bits per heavy atom. The van der Waals surface area contributed by atoms with Gasteiger partial charge in [-0.25, -0.2) is 0 Å². The normalized spacial score (nSPS) is 17.8. The van der Waals surface area contributed by atoms with Gasteiger partial charge in [0, 0.05) is 31.6 Å². The molecule has 1 aliphatic heterocycles. The first-order chi connectivity index (χ1) is 11.0. The largest absolute Gasteiger partial charge is 0.326 e. The van der Waals surface area contributed by atoms with Gasteiger partial charge in [-0.05, 0) is 39.4 Å². The number of piperidine rings is 1. The van der Waals surface area contributed by atoms with Crippen LogP contribution in [0.2, 0.25) is 0 Å². The highest BCUT2D eigenvalue weighted by molar-refractivity contribution is 5.92. The quantitative estimate of drug-likeness (QED) is 0.603. The summed E-state index contributed by atoms with van der Waals surface area (Å²) in [5.74, 6) is -0.111. The molecule has 1 fully saturated rings. The summed E-state index contributed by atoms with van der Waals surface area (Å²) in [5, 5.41) is 17.0. The van der Waals surface area contributed by atoms with Crippen molar-refractivity contribution in [1.82, 2.24) is 10.2 Å². The van der Waals surface area contributed by atoms with Gasteiger partial charge in [0.05, 0.1) is 16.2 Å². The number of nitro groups is 1. The Morgan fingerprint density at radius 2 is 2.21 bits per heavy atom. The maximum absolute atomic E-state index is 12.1. The van der Waals surface area contributed by atoms with Crippen LogP contribution >= 0.6 is 12.4 Å². The molecule has 2 rings (SSSR count). The van der Waals surface area contributed by atoms with Crippen LogP contribution in [0.15, 0.2) is 18.2 Å². The Kier molecular flexibility index (Phi) is 8.10. The zero-order valence-corrected chi connectivity index (χ0v) is 14.9. The standard InChI is InChI=1S/C16H24N4O3.ClH/c1-12-14(6-3-7-15(12)20(22)23)18-16(21)8-10-19-9-4-5-13(11-19)17-2;/h3,6-7,13,17H,4-5,8-11H2,1-2H3,(H,18,21);1H. The number of anilines is 1. The molecule has 1 aromatic rings. The van der Waals surface area contributed by atoms with Crippen LogP contribution in [0, 0.1) is 17.0 Å². The zero-order chi connectivity index (χ0) is 16.8. The first kappa shape index (κ1) is 20.3. The van der Waals surface area contributed by atoms with Crippen molar-refractivity contribution >= 4 is 29.7 Å². The van der Waals surface area contributed by atoms with Gasteiger partial charge >= 0.3 is 0 Å². The first-order valence-corrected chi connectivity index (χ1v) is 7.94. The molecule has 1 atom stereocenters. The van der Waals surface area contributed by atoms with Crippen molar-refractivity contribution in [3.8, 4) is 0 Å². The molecule has 1 heterocycles. The number of hydrogen-bond donors (Lipinski definition) is 2. The molecule has 1 aromatic carbocycles. The Bertz CT molecular complexity index is 582. The monoisotopic (exact) mass is 356 g/mol. The van der Waals surface area contributed by atoms with Crippen molar-refractivity contribution in [3.05, 3.63) is 33.9 Å². The molecule has 1 unspecified atom stereocenters. The molecule has 134 valence electrons. The number of halogens is 1. The third-order valence-corrected chi connectivity index (χ3v) is 4.34.